The second kappa shape index (κ2) is 8.15. The zero-order valence-electron chi connectivity index (χ0n) is 14.1. The molecular weight excluding hydrogens is 326 g/mol. The van der Waals surface area contributed by atoms with Crippen molar-refractivity contribution in [1.29, 1.82) is 0 Å². The van der Waals surface area contributed by atoms with Gasteiger partial charge < -0.3 is 24.3 Å². The number of ether oxygens (including phenoxy) is 1. The van der Waals surface area contributed by atoms with Crippen LogP contribution in [0.1, 0.15) is 23.4 Å². The maximum Gasteiger partial charge on any atom is 0.289 e. The Balaban J connectivity index is 1.40. The van der Waals surface area contributed by atoms with Gasteiger partial charge in [-0.15, -0.1) is 0 Å². The summed E-state index contributed by atoms with van der Waals surface area (Å²) in [4.78, 5) is 39.8. The van der Waals surface area contributed by atoms with Gasteiger partial charge in [-0.25, -0.2) is 0 Å². The van der Waals surface area contributed by atoms with Crippen LogP contribution in [-0.4, -0.2) is 73.5 Å². The fraction of sp³-hybridized carbons (Fsp3) is 0.588. The maximum absolute atomic E-state index is 12.3. The molecule has 0 saturated carbocycles. The average Bonchev–Trinajstić information content (AvgIpc) is 3.21. The smallest absolute Gasteiger partial charge is 0.289 e. The molecule has 1 aromatic rings. The highest BCUT2D eigenvalue weighted by Gasteiger charge is 2.27. The van der Waals surface area contributed by atoms with E-state index >= 15 is 0 Å². The third-order valence-corrected chi connectivity index (χ3v) is 4.66. The van der Waals surface area contributed by atoms with Crippen LogP contribution in [0, 0.1) is 5.92 Å². The van der Waals surface area contributed by atoms with Crippen LogP contribution < -0.4 is 5.32 Å². The molecule has 0 aliphatic carbocycles. The second-order valence-corrected chi connectivity index (χ2v) is 6.25. The zero-order valence-corrected chi connectivity index (χ0v) is 14.1. The van der Waals surface area contributed by atoms with E-state index in [2.05, 4.69) is 5.32 Å². The van der Waals surface area contributed by atoms with Gasteiger partial charge in [-0.1, -0.05) is 0 Å². The highest BCUT2D eigenvalue weighted by Crippen LogP contribution is 2.14. The Morgan fingerprint density at radius 1 is 1.08 bits per heavy atom. The van der Waals surface area contributed by atoms with Gasteiger partial charge in [-0.2, -0.15) is 0 Å². The molecule has 25 heavy (non-hydrogen) atoms. The molecule has 0 radical (unpaired) electrons. The number of nitrogens with zero attached hydrogens (tertiary/aromatic N) is 2. The molecule has 2 fully saturated rings. The molecule has 8 heteroatoms. The molecule has 8 nitrogen and oxygen atoms in total. The standard InChI is InChI=1S/C17H23N3O5/c21-15(12-18-16(22)13-3-10-24-11-4-13)19-5-7-20(8-6-19)17(23)14-2-1-9-25-14/h1-2,9,13H,3-8,10-12H2,(H,18,22). The number of hydrogen-bond acceptors (Lipinski definition) is 5. The lowest BCUT2D eigenvalue weighted by Gasteiger charge is -2.34. The molecule has 2 saturated heterocycles. The van der Waals surface area contributed by atoms with Crippen molar-refractivity contribution in [1.82, 2.24) is 15.1 Å². The summed E-state index contributed by atoms with van der Waals surface area (Å²) in [6.07, 6.45) is 2.87. The normalized spacial score (nSPS) is 18.9. The summed E-state index contributed by atoms with van der Waals surface area (Å²) in [5, 5.41) is 2.72. The molecule has 136 valence electrons. The molecule has 1 aromatic heterocycles. The largest absolute Gasteiger partial charge is 0.459 e. The summed E-state index contributed by atoms with van der Waals surface area (Å²) in [5.74, 6) is -0.119. The summed E-state index contributed by atoms with van der Waals surface area (Å²) < 4.78 is 10.3. The molecule has 1 N–H and O–H groups in total. The number of rotatable bonds is 4. The highest BCUT2D eigenvalue weighted by atomic mass is 16.5. The molecule has 3 amide bonds. The Hall–Kier alpha value is -2.35. The Morgan fingerprint density at radius 2 is 1.76 bits per heavy atom. The van der Waals surface area contributed by atoms with Crippen molar-refractivity contribution in [3.8, 4) is 0 Å². The van der Waals surface area contributed by atoms with Crippen LogP contribution in [0.3, 0.4) is 0 Å². The van der Waals surface area contributed by atoms with Crippen LogP contribution in [0.2, 0.25) is 0 Å². The SMILES string of the molecule is O=C(NCC(=O)N1CCN(C(=O)c2ccco2)CC1)C1CCOCC1. The molecule has 2 aliphatic rings. The van der Waals surface area contributed by atoms with Gasteiger partial charge in [0.15, 0.2) is 5.76 Å². The molecule has 3 rings (SSSR count). The van der Waals surface area contributed by atoms with E-state index in [0.29, 0.717) is 58.0 Å². The lowest BCUT2D eigenvalue weighted by atomic mass is 9.99. The summed E-state index contributed by atoms with van der Waals surface area (Å²) in [6.45, 7) is 3.02. The number of piperazine rings is 1. The van der Waals surface area contributed by atoms with E-state index in [-0.39, 0.29) is 30.2 Å². The first-order valence-electron chi connectivity index (χ1n) is 8.61. The van der Waals surface area contributed by atoms with Gasteiger partial charge in [0.2, 0.25) is 11.8 Å². The van der Waals surface area contributed by atoms with E-state index in [4.69, 9.17) is 9.15 Å². The van der Waals surface area contributed by atoms with Gasteiger partial charge in [0.1, 0.15) is 0 Å². The maximum atomic E-state index is 12.3. The van der Waals surface area contributed by atoms with E-state index in [1.165, 1.54) is 6.26 Å². The number of amides is 3. The minimum absolute atomic E-state index is 0.00230. The Morgan fingerprint density at radius 3 is 2.40 bits per heavy atom. The number of hydrogen-bond donors (Lipinski definition) is 1. The van der Waals surface area contributed by atoms with Crippen molar-refractivity contribution >= 4 is 17.7 Å². The molecular formula is C17H23N3O5. The van der Waals surface area contributed by atoms with Crippen molar-refractivity contribution in [2.75, 3.05) is 45.9 Å². The van der Waals surface area contributed by atoms with Crippen molar-refractivity contribution in [2.24, 2.45) is 5.92 Å². The Kier molecular flexibility index (Phi) is 5.70. The Labute approximate surface area is 146 Å². The van der Waals surface area contributed by atoms with Gasteiger partial charge in [0.25, 0.3) is 5.91 Å². The zero-order chi connectivity index (χ0) is 17.6. The van der Waals surface area contributed by atoms with Gasteiger partial charge in [-0.3, -0.25) is 14.4 Å². The number of furan rings is 1. The first-order chi connectivity index (χ1) is 12.1. The fourth-order valence-corrected chi connectivity index (χ4v) is 3.09. The van der Waals surface area contributed by atoms with Gasteiger partial charge in [-0.05, 0) is 25.0 Å². The number of nitrogens with one attached hydrogen (secondary N) is 1. The monoisotopic (exact) mass is 349 g/mol. The molecule has 0 aromatic carbocycles. The highest BCUT2D eigenvalue weighted by molar-refractivity contribution is 5.91. The minimum atomic E-state index is -0.162. The lowest BCUT2D eigenvalue weighted by Crippen LogP contribution is -2.52. The van der Waals surface area contributed by atoms with Crippen molar-refractivity contribution in [2.45, 2.75) is 12.8 Å². The van der Waals surface area contributed by atoms with Gasteiger partial charge in [0, 0.05) is 45.3 Å². The third-order valence-electron chi connectivity index (χ3n) is 4.66. The van der Waals surface area contributed by atoms with Crippen molar-refractivity contribution in [3.05, 3.63) is 24.2 Å². The first-order valence-corrected chi connectivity index (χ1v) is 8.61. The summed E-state index contributed by atoms with van der Waals surface area (Å²) in [6, 6.07) is 3.31. The van der Waals surface area contributed by atoms with Crippen molar-refractivity contribution in [3.63, 3.8) is 0 Å². The topological polar surface area (TPSA) is 92.1 Å². The molecule has 0 atom stereocenters. The molecule has 2 aliphatic heterocycles. The predicted octanol–water partition coefficient (Wildman–Crippen LogP) is 0.107. The lowest BCUT2D eigenvalue weighted by molar-refractivity contribution is -0.135. The summed E-state index contributed by atoms with van der Waals surface area (Å²) in [5.41, 5.74) is 0. The summed E-state index contributed by atoms with van der Waals surface area (Å²) >= 11 is 0. The molecule has 0 unspecified atom stereocenters. The predicted molar refractivity (Wildman–Crippen MR) is 87.7 cm³/mol. The number of carbonyl (C=O) groups is 3. The van der Waals surface area contributed by atoms with Crippen LogP contribution in [-0.2, 0) is 14.3 Å². The quantitative estimate of drug-likeness (QED) is 0.833. The third kappa shape index (κ3) is 4.39. The van der Waals surface area contributed by atoms with Gasteiger partial charge in [0.05, 0.1) is 12.8 Å². The minimum Gasteiger partial charge on any atom is -0.459 e. The first kappa shape index (κ1) is 17.5. The van der Waals surface area contributed by atoms with Crippen LogP contribution in [0.25, 0.3) is 0 Å². The van der Waals surface area contributed by atoms with E-state index in [1.807, 2.05) is 0 Å². The van der Waals surface area contributed by atoms with E-state index in [1.54, 1.807) is 21.9 Å². The molecule has 0 bridgehead atoms. The van der Waals surface area contributed by atoms with Crippen LogP contribution >= 0.6 is 0 Å². The number of carbonyl (C=O) groups excluding carboxylic acids is 3. The fourth-order valence-electron chi connectivity index (χ4n) is 3.09. The van der Waals surface area contributed by atoms with E-state index < -0.39 is 0 Å². The van der Waals surface area contributed by atoms with E-state index in [9.17, 15) is 14.4 Å². The van der Waals surface area contributed by atoms with Crippen molar-refractivity contribution < 1.29 is 23.5 Å². The van der Waals surface area contributed by atoms with Crippen LogP contribution in [0.4, 0.5) is 0 Å². The average molecular weight is 349 g/mol. The molecule has 0 spiro atoms. The van der Waals surface area contributed by atoms with Crippen LogP contribution in [0.15, 0.2) is 22.8 Å². The van der Waals surface area contributed by atoms with Crippen LogP contribution in [0.5, 0.6) is 0 Å². The second-order valence-electron chi connectivity index (χ2n) is 6.25. The Bertz CT molecular complexity index is 602. The summed E-state index contributed by atoms with van der Waals surface area (Å²) in [7, 11) is 0. The van der Waals surface area contributed by atoms with Gasteiger partial charge >= 0.3 is 0 Å². The molecule has 3 heterocycles. The van der Waals surface area contributed by atoms with E-state index in [0.717, 1.165) is 0 Å².